The molecule has 0 aliphatic carbocycles. The highest BCUT2D eigenvalue weighted by atomic mass is 16.7. The molecule has 4 N–H and O–H groups in total. The second-order valence-corrected chi connectivity index (χ2v) is 9.18. The predicted octanol–water partition coefficient (Wildman–Crippen LogP) is 0.667. The van der Waals surface area contributed by atoms with Crippen molar-refractivity contribution in [1.82, 2.24) is 14.9 Å². The van der Waals surface area contributed by atoms with Gasteiger partial charge in [0.15, 0.2) is 0 Å². The molecule has 8 nitrogen and oxygen atoms in total. The van der Waals surface area contributed by atoms with Crippen LogP contribution in [0.4, 0.5) is 0 Å². The van der Waals surface area contributed by atoms with E-state index >= 15 is 0 Å². The Morgan fingerprint density at radius 2 is 1.87 bits per heavy atom. The molecule has 0 spiro atoms. The Bertz CT molecular complexity index is 673. The summed E-state index contributed by atoms with van der Waals surface area (Å²) in [5.74, 6) is -0.442. The van der Waals surface area contributed by atoms with Gasteiger partial charge in [-0.15, -0.1) is 0 Å². The Hall–Kier alpha value is -1.55. The second kappa shape index (κ2) is 12.5. The second-order valence-electron chi connectivity index (χ2n) is 9.18. The number of hydroxylamine groups is 2. The highest BCUT2D eigenvalue weighted by molar-refractivity contribution is 5.80. The van der Waals surface area contributed by atoms with Gasteiger partial charge in [0.25, 0.3) is 0 Å². The van der Waals surface area contributed by atoms with Gasteiger partial charge in [-0.25, -0.2) is 0 Å². The van der Waals surface area contributed by atoms with E-state index in [0.717, 1.165) is 38.2 Å². The number of carbonyl (C=O) groups excluding carboxylic acids is 1. The fourth-order valence-electron chi connectivity index (χ4n) is 3.93. The van der Waals surface area contributed by atoms with Crippen molar-refractivity contribution >= 4 is 5.91 Å². The summed E-state index contributed by atoms with van der Waals surface area (Å²) < 4.78 is 0. The van der Waals surface area contributed by atoms with Gasteiger partial charge < -0.3 is 20.8 Å². The van der Waals surface area contributed by atoms with Crippen LogP contribution >= 0.6 is 0 Å². The quantitative estimate of drug-likeness (QED) is 0.418. The number of nitrogens with zero attached hydrogens (tertiary/aromatic N) is 3. The van der Waals surface area contributed by atoms with E-state index < -0.39 is 24.0 Å². The van der Waals surface area contributed by atoms with E-state index in [1.165, 1.54) is 10.6 Å². The molecule has 1 saturated heterocycles. The van der Waals surface area contributed by atoms with Crippen LogP contribution in [-0.2, 0) is 22.7 Å². The third-order valence-corrected chi connectivity index (χ3v) is 5.77. The van der Waals surface area contributed by atoms with Crippen LogP contribution in [0.3, 0.4) is 0 Å². The lowest BCUT2D eigenvalue weighted by molar-refractivity contribution is -0.180. The molecule has 1 unspecified atom stereocenters. The number of aliphatic hydroxyl groups excluding tert-OH is 2. The number of nitrogens with two attached hydrogens (primary N) is 1. The molecular formula is C23H40N4O4. The van der Waals surface area contributed by atoms with Crippen molar-refractivity contribution < 1.29 is 19.8 Å². The van der Waals surface area contributed by atoms with Crippen molar-refractivity contribution in [2.75, 3.05) is 46.9 Å². The van der Waals surface area contributed by atoms with Crippen molar-refractivity contribution in [3.63, 3.8) is 0 Å². The molecule has 1 aliphatic rings. The minimum atomic E-state index is -0.770. The molecule has 31 heavy (non-hydrogen) atoms. The topological polar surface area (TPSA) is 102 Å². The minimum Gasteiger partial charge on any atom is -0.396 e. The van der Waals surface area contributed by atoms with Gasteiger partial charge in [-0.1, -0.05) is 38.1 Å². The van der Waals surface area contributed by atoms with E-state index in [2.05, 4.69) is 49.9 Å². The number of hydrogen-bond donors (Lipinski definition) is 3. The molecule has 176 valence electrons. The minimum absolute atomic E-state index is 0.272. The molecule has 1 aromatic rings. The summed E-state index contributed by atoms with van der Waals surface area (Å²) in [5, 5.41) is 20.7. The van der Waals surface area contributed by atoms with Gasteiger partial charge in [0, 0.05) is 25.6 Å². The maximum atomic E-state index is 12.0. The molecule has 2 rings (SSSR count). The van der Waals surface area contributed by atoms with Crippen LogP contribution in [0.5, 0.6) is 0 Å². The van der Waals surface area contributed by atoms with Crippen LogP contribution in [-0.4, -0.2) is 90.1 Å². The lowest BCUT2D eigenvalue weighted by Crippen LogP contribution is -2.44. The summed E-state index contributed by atoms with van der Waals surface area (Å²) in [6.07, 6.45) is 0.517. The molecule has 8 heteroatoms. The summed E-state index contributed by atoms with van der Waals surface area (Å²) in [6, 6.07) is 7.47. The Kier molecular flexibility index (Phi) is 10.3. The van der Waals surface area contributed by atoms with E-state index in [1.807, 2.05) is 12.1 Å². The van der Waals surface area contributed by atoms with E-state index in [0.29, 0.717) is 12.5 Å². The van der Waals surface area contributed by atoms with Gasteiger partial charge in [0.1, 0.15) is 12.1 Å². The first kappa shape index (κ1) is 25.7. The lowest BCUT2D eigenvalue weighted by atomic mass is 9.95. The summed E-state index contributed by atoms with van der Waals surface area (Å²) in [7, 11) is 4.18. The van der Waals surface area contributed by atoms with E-state index in [1.54, 1.807) is 0 Å². The average molecular weight is 437 g/mol. The fourth-order valence-corrected chi connectivity index (χ4v) is 3.93. The van der Waals surface area contributed by atoms with Crippen LogP contribution in [0.2, 0.25) is 0 Å². The van der Waals surface area contributed by atoms with Crippen LogP contribution in [0.15, 0.2) is 24.3 Å². The standard InChI is InChI=1S/C23H40N4O4/c1-17(2)8-9-26(11-10-25(3)4)13-18-6-5-7-19(12-18)14-27-22(23(24)30)20(15-28)21(16-29)31-27/h5-7,12,17,20-22,28-29H,8-11,13-16H2,1-4H3,(H2,24,30)/t20-,21?,22+/m1/s1. The van der Waals surface area contributed by atoms with Gasteiger partial charge in [-0.3, -0.25) is 14.5 Å². The van der Waals surface area contributed by atoms with E-state index in [4.69, 9.17) is 10.6 Å². The molecule has 0 aromatic heterocycles. The molecule has 0 bridgehead atoms. The SMILES string of the molecule is CC(C)CCN(CCN(C)C)Cc1cccc(CN2OC(CO)[C@@H](CO)[C@H]2C(N)=O)c1. The number of amides is 1. The summed E-state index contributed by atoms with van der Waals surface area (Å²) in [5.41, 5.74) is 7.77. The normalized spacial score (nSPS) is 22.2. The number of rotatable bonds is 13. The number of likely N-dealkylation sites (N-methyl/N-ethyl adjacent to an activating group) is 1. The monoisotopic (exact) mass is 436 g/mol. The first-order valence-electron chi connectivity index (χ1n) is 11.1. The van der Waals surface area contributed by atoms with Crippen LogP contribution in [0.1, 0.15) is 31.4 Å². The first-order valence-corrected chi connectivity index (χ1v) is 11.1. The van der Waals surface area contributed by atoms with Gasteiger partial charge in [0.2, 0.25) is 5.91 Å². The smallest absolute Gasteiger partial charge is 0.237 e. The van der Waals surface area contributed by atoms with Crippen molar-refractivity contribution in [3.05, 3.63) is 35.4 Å². The summed E-state index contributed by atoms with van der Waals surface area (Å²) in [4.78, 5) is 22.4. The summed E-state index contributed by atoms with van der Waals surface area (Å²) in [6.45, 7) is 8.21. The number of carbonyl (C=O) groups is 1. The zero-order chi connectivity index (χ0) is 23.0. The average Bonchev–Trinajstić information content (AvgIpc) is 3.07. The van der Waals surface area contributed by atoms with Crippen molar-refractivity contribution in [1.29, 1.82) is 0 Å². The maximum Gasteiger partial charge on any atom is 0.237 e. The molecule has 1 amide bonds. The lowest BCUT2D eigenvalue weighted by Gasteiger charge is -2.26. The molecule has 1 aromatic carbocycles. The Morgan fingerprint density at radius 1 is 1.16 bits per heavy atom. The Balaban J connectivity index is 2.09. The van der Waals surface area contributed by atoms with Crippen LogP contribution < -0.4 is 5.73 Å². The molecule has 0 saturated carbocycles. The molecular weight excluding hydrogens is 396 g/mol. The van der Waals surface area contributed by atoms with Crippen molar-refractivity contribution in [3.8, 4) is 0 Å². The number of aliphatic hydroxyl groups is 2. The molecule has 1 aliphatic heterocycles. The van der Waals surface area contributed by atoms with Gasteiger partial charge in [-0.2, -0.15) is 5.06 Å². The van der Waals surface area contributed by atoms with Crippen LogP contribution in [0.25, 0.3) is 0 Å². The number of primary amides is 1. The molecule has 0 radical (unpaired) electrons. The Morgan fingerprint density at radius 3 is 2.45 bits per heavy atom. The van der Waals surface area contributed by atoms with Gasteiger partial charge >= 0.3 is 0 Å². The number of hydrogen-bond acceptors (Lipinski definition) is 7. The highest BCUT2D eigenvalue weighted by Gasteiger charge is 2.45. The van der Waals surface area contributed by atoms with Crippen molar-refractivity contribution in [2.45, 2.75) is 45.5 Å². The highest BCUT2D eigenvalue weighted by Crippen LogP contribution is 2.29. The van der Waals surface area contributed by atoms with Gasteiger partial charge in [0.05, 0.1) is 19.8 Å². The first-order chi connectivity index (χ1) is 14.7. The third-order valence-electron chi connectivity index (χ3n) is 5.77. The molecule has 1 heterocycles. The zero-order valence-electron chi connectivity index (χ0n) is 19.4. The Labute approximate surface area is 186 Å². The largest absolute Gasteiger partial charge is 0.396 e. The summed E-state index contributed by atoms with van der Waals surface area (Å²) >= 11 is 0. The zero-order valence-corrected chi connectivity index (χ0v) is 19.4. The maximum absolute atomic E-state index is 12.0. The molecule has 1 fully saturated rings. The molecule has 3 atom stereocenters. The fraction of sp³-hybridized carbons (Fsp3) is 0.696. The third kappa shape index (κ3) is 7.82. The van der Waals surface area contributed by atoms with E-state index in [9.17, 15) is 15.0 Å². The van der Waals surface area contributed by atoms with Crippen molar-refractivity contribution in [2.24, 2.45) is 17.6 Å². The van der Waals surface area contributed by atoms with E-state index in [-0.39, 0.29) is 13.2 Å². The predicted molar refractivity (Wildman–Crippen MR) is 121 cm³/mol. The van der Waals surface area contributed by atoms with Crippen LogP contribution in [0, 0.1) is 11.8 Å². The van der Waals surface area contributed by atoms with Gasteiger partial charge in [-0.05, 0) is 44.1 Å². The number of benzene rings is 1.